The summed E-state index contributed by atoms with van der Waals surface area (Å²) in [6.45, 7) is 2.03. The molecule has 0 radical (unpaired) electrons. The van der Waals surface area contributed by atoms with Gasteiger partial charge in [0.2, 0.25) is 6.79 Å². The van der Waals surface area contributed by atoms with Crippen LogP contribution >= 0.6 is 11.3 Å². The first-order chi connectivity index (χ1) is 19.1. The quantitative estimate of drug-likeness (QED) is 0.347. The standard InChI is InChI=1S/C30H24N2O6S/c1-3-36-29(34)25-26(18-9-5-4-6-10-18)31-30-32(27(25)20-13-14-22-23(15-20)38-17-37-22)28(33)24(39-30)16-19-11-7-8-12-21(19)35-2/h4-16,27H,3,17H2,1-2H3/t27-/m1/s1. The monoisotopic (exact) mass is 540 g/mol. The van der Waals surface area contributed by atoms with E-state index in [0.717, 1.165) is 11.1 Å². The van der Waals surface area contributed by atoms with Crippen LogP contribution in [0.2, 0.25) is 0 Å². The lowest BCUT2D eigenvalue weighted by molar-refractivity contribution is -0.138. The molecule has 0 spiro atoms. The number of methoxy groups -OCH3 is 1. The van der Waals surface area contributed by atoms with Crippen LogP contribution in [0.3, 0.4) is 0 Å². The summed E-state index contributed by atoms with van der Waals surface area (Å²) < 4.78 is 24.2. The van der Waals surface area contributed by atoms with Crippen molar-refractivity contribution in [3.05, 3.63) is 115 Å². The van der Waals surface area contributed by atoms with Crippen LogP contribution in [0.4, 0.5) is 0 Å². The molecular formula is C30H24N2O6S. The second-order valence-corrected chi connectivity index (χ2v) is 9.80. The van der Waals surface area contributed by atoms with E-state index in [1.807, 2.05) is 60.7 Å². The van der Waals surface area contributed by atoms with Gasteiger partial charge in [-0.25, -0.2) is 9.79 Å². The lowest BCUT2D eigenvalue weighted by Gasteiger charge is -2.26. The van der Waals surface area contributed by atoms with Crippen LogP contribution in [0, 0.1) is 0 Å². The van der Waals surface area contributed by atoms with Crippen LogP contribution in [-0.4, -0.2) is 31.0 Å². The Balaban J connectivity index is 1.65. The molecule has 1 aromatic heterocycles. The lowest BCUT2D eigenvalue weighted by atomic mass is 9.93. The van der Waals surface area contributed by atoms with Crippen LogP contribution in [-0.2, 0) is 9.53 Å². The molecule has 1 atom stereocenters. The van der Waals surface area contributed by atoms with Crippen molar-refractivity contribution in [3.8, 4) is 17.2 Å². The Morgan fingerprint density at radius 3 is 2.64 bits per heavy atom. The molecule has 0 aliphatic carbocycles. The summed E-state index contributed by atoms with van der Waals surface area (Å²) in [5.41, 5.74) is 2.64. The molecule has 0 amide bonds. The van der Waals surface area contributed by atoms with Crippen molar-refractivity contribution in [3.63, 3.8) is 0 Å². The van der Waals surface area contributed by atoms with Gasteiger partial charge in [0.1, 0.15) is 5.75 Å². The average Bonchev–Trinajstić information content (AvgIpc) is 3.56. The maximum Gasteiger partial charge on any atom is 0.338 e. The number of carbonyl (C=O) groups is 1. The van der Waals surface area contributed by atoms with Gasteiger partial charge in [-0.05, 0) is 36.8 Å². The number of carbonyl (C=O) groups excluding carboxylic acids is 1. The van der Waals surface area contributed by atoms with Crippen molar-refractivity contribution in [1.82, 2.24) is 4.57 Å². The van der Waals surface area contributed by atoms with Crippen LogP contribution in [0.1, 0.15) is 29.7 Å². The van der Waals surface area contributed by atoms with Gasteiger partial charge in [0.15, 0.2) is 16.3 Å². The summed E-state index contributed by atoms with van der Waals surface area (Å²) in [6.07, 6.45) is 1.79. The van der Waals surface area contributed by atoms with Gasteiger partial charge in [-0.1, -0.05) is 65.9 Å². The highest BCUT2D eigenvalue weighted by Crippen LogP contribution is 2.40. The van der Waals surface area contributed by atoms with E-state index in [1.54, 1.807) is 36.8 Å². The molecule has 196 valence electrons. The smallest absolute Gasteiger partial charge is 0.338 e. The molecular weight excluding hydrogens is 516 g/mol. The Labute approximate surface area is 227 Å². The molecule has 0 saturated heterocycles. The summed E-state index contributed by atoms with van der Waals surface area (Å²) in [4.78, 5) is 32.9. The molecule has 2 aliphatic rings. The van der Waals surface area contributed by atoms with Crippen molar-refractivity contribution >= 4 is 29.1 Å². The maximum atomic E-state index is 14.0. The van der Waals surface area contributed by atoms with Crippen LogP contribution in [0.25, 0.3) is 11.8 Å². The van der Waals surface area contributed by atoms with E-state index in [1.165, 1.54) is 11.3 Å². The van der Waals surface area contributed by atoms with Crippen LogP contribution in [0.15, 0.2) is 88.2 Å². The molecule has 8 nitrogen and oxygen atoms in total. The van der Waals surface area contributed by atoms with E-state index in [9.17, 15) is 9.59 Å². The fraction of sp³-hybridized carbons (Fsp3) is 0.167. The normalized spacial score (nSPS) is 16.1. The second kappa shape index (κ2) is 10.3. The van der Waals surface area contributed by atoms with Gasteiger partial charge in [0.25, 0.3) is 5.56 Å². The zero-order chi connectivity index (χ0) is 26.9. The van der Waals surface area contributed by atoms with Crippen molar-refractivity contribution in [2.75, 3.05) is 20.5 Å². The number of fused-ring (bicyclic) bond motifs is 2. The molecule has 0 bridgehead atoms. The predicted molar refractivity (Wildman–Crippen MR) is 147 cm³/mol. The van der Waals surface area contributed by atoms with Gasteiger partial charge in [-0.15, -0.1) is 0 Å². The van der Waals surface area contributed by atoms with E-state index >= 15 is 0 Å². The van der Waals surface area contributed by atoms with E-state index < -0.39 is 12.0 Å². The van der Waals surface area contributed by atoms with Gasteiger partial charge >= 0.3 is 5.97 Å². The number of benzene rings is 3. The summed E-state index contributed by atoms with van der Waals surface area (Å²) in [6, 6.07) is 21.5. The number of esters is 1. The number of rotatable bonds is 6. The molecule has 0 saturated carbocycles. The molecule has 3 aromatic carbocycles. The molecule has 39 heavy (non-hydrogen) atoms. The van der Waals surface area contributed by atoms with Crippen molar-refractivity contribution < 1.29 is 23.7 Å². The van der Waals surface area contributed by atoms with Crippen molar-refractivity contribution in [2.24, 2.45) is 4.99 Å². The minimum Gasteiger partial charge on any atom is -0.496 e. The van der Waals surface area contributed by atoms with Crippen molar-refractivity contribution in [1.29, 1.82) is 0 Å². The third-order valence-electron chi connectivity index (χ3n) is 6.51. The largest absolute Gasteiger partial charge is 0.496 e. The highest BCUT2D eigenvalue weighted by atomic mass is 32.1. The average molecular weight is 541 g/mol. The summed E-state index contributed by atoms with van der Waals surface area (Å²) in [5, 5.41) is 0. The predicted octanol–water partition coefficient (Wildman–Crippen LogP) is 3.67. The molecule has 9 heteroatoms. The molecule has 0 N–H and O–H groups in total. The first-order valence-electron chi connectivity index (χ1n) is 12.4. The van der Waals surface area contributed by atoms with Crippen LogP contribution < -0.4 is 29.1 Å². The molecule has 6 rings (SSSR count). The minimum absolute atomic E-state index is 0.107. The first-order valence-corrected chi connectivity index (χ1v) is 13.2. The summed E-state index contributed by atoms with van der Waals surface area (Å²) >= 11 is 1.26. The number of ether oxygens (including phenoxy) is 4. The first kappa shape index (κ1) is 24.7. The molecule has 0 fully saturated rings. The Bertz CT molecular complexity index is 1790. The van der Waals surface area contributed by atoms with E-state index in [-0.39, 0.29) is 24.5 Å². The number of thiazole rings is 1. The van der Waals surface area contributed by atoms with Gasteiger partial charge in [0.05, 0.1) is 35.6 Å². The zero-order valence-corrected chi connectivity index (χ0v) is 22.1. The number of para-hydroxylation sites is 1. The topological polar surface area (TPSA) is 88.4 Å². The third-order valence-corrected chi connectivity index (χ3v) is 7.49. The number of hydrogen-bond donors (Lipinski definition) is 0. The summed E-state index contributed by atoms with van der Waals surface area (Å²) in [5.74, 6) is 1.26. The van der Waals surface area contributed by atoms with E-state index in [0.29, 0.717) is 37.8 Å². The molecule has 0 unspecified atom stereocenters. The summed E-state index contributed by atoms with van der Waals surface area (Å²) in [7, 11) is 1.59. The Morgan fingerprint density at radius 1 is 1.08 bits per heavy atom. The highest BCUT2D eigenvalue weighted by Gasteiger charge is 2.36. The zero-order valence-electron chi connectivity index (χ0n) is 21.2. The van der Waals surface area contributed by atoms with Gasteiger partial charge < -0.3 is 18.9 Å². The van der Waals surface area contributed by atoms with Crippen LogP contribution in [0.5, 0.6) is 17.2 Å². The fourth-order valence-electron chi connectivity index (χ4n) is 4.77. The van der Waals surface area contributed by atoms with Gasteiger partial charge in [0, 0.05) is 11.1 Å². The SMILES string of the molecule is CCOC(=O)C1=C(c2ccccc2)N=c2sc(=Cc3ccccc3OC)c(=O)n2[C@@H]1c1ccc2c(c1)OCO2. The van der Waals surface area contributed by atoms with Gasteiger partial charge in [-0.3, -0.25) is 9.36 Å². The Kier molecular flexibility index (Phi) is 6.50. The van der Waals surface area contributed by atoms with Gasteiger partial charge in [-0.2, -0.15) is 0 Å². The highest BCUT2D eigenvalue weighted by molar-refractivity contribution is 7.07. The van der Waals surface area contributed by atoms with E-state index in [4.69, 9.17) is 23.9 Å². The lowest BCUT2D eigenvalue weighted by Crippen LogP contribution is -2.40. The maximum absolute atomic E-state index is 14.0. The fourth-order valence-corrected chi connectivity index (χ4v) is 5.76. The Morgan fingerprint density at radius 2 is 1.85 bits per heavy atom. The number of aromatic nitrogens is 1. The van der Waals surface area contributed by atoms with Crippen molar-refractivity contribution in [2.45, 2.75) is 13.0 Å². The molecule has 4 aromatic rings. The molecule has 2 aliphatic heterocycles. The second-order valence-electron chi connectivity index (χ2n) is 8.79. The van der Waals surface area contributed by atoms with E-state index in [2.05, 4.69) is 0 Å². The Hall–Kier alpha value is -4.63. The number of hydrogen-bond acceptors (Lipinski definition) is 8. The molecule has 3 heterocycles. The number of nitrogens with zero attached hydrogens (tertiary/aromatic N) is 2. The minimum atomic E-state index is -0.801. The third kappa shape index (κ3) is 4.40.